The van der Waals surface area contributed by atoms with Gasteiger partial charge in [-0.15, -0.1) is 0 Å². The van der Waals surface area contributed by atoms with Gasteiger partial charge in [-0.05, 0) is 30.5 Å². The number of nitrogens with one attached hydrogen (secondary N) is 1. The van der Waals surface area contributed by atoms with Crippen molar-refractivity contribution in [2.75, 3.05) is 12.3 Å². The van der Waals surface area contributed by atoms with Gasteiger partial charge in [-0.25, -0.2) is 4.98 Å². The first-order chi connectivity index (χ1) is 11.1. The Balaban J connectivity index is 1.89. The Hall–Kier alpha value is -2.50. The summed E-state index contributed by atoms with van der Waals surface area (Å²) in [6.45, 7) is 4.00. The van der Waals surface area contributed by atoms with Crippen molar-refractivity contribution in [2.45, 2.75) is 38.1 Å². The van der Waals surface area contributed by atoms with Crippen LogP contribution in [-0.4, -0.2) is 22.0 Å². The molecular formula is C17H23N5O. The molecule has 5 N–H and O–H groups in total. The molecule has 1 aromatic carbocycles. The molecule has 0 aliphatic heterocycles. The number of hydrogen-bond acceptors (Lipinski definition) is 4. The van der Waals surface area contributed by atoms with E-state index in [1.54, 1.807) is 0 Å². The fraction of sp³-hybridized carbons (Fsp3) is 0.412. The molecule has 0 radical (unpaired) electrons. The van der Waals surface area contributed by atoms with Gasteiger partial charge >= 0.3 is 0 Å². The van der Waals surface area contributed by atoms with Crippen LogP contribution in [0.5, 0.6) is 0 Å². The van der Waals surface area contributed by atoms with E-state index in [9.17, 15) is 4.79 Å². The predicted octanol–water partition coefficient (Wildman–Crippen LogP) is 2.17. The van der Waals surface area contributed by atoms with Crippen LogP contribution in [0.2, 0.25) is 0 Å². The fourth-order valence-electron chi connectivity index (χ4n) is 3.32. The van der Waals surface area contributed by atoms with E-state index >= 15 is 0 Å². The van der Waals surface area contributed by atoms with E-state index in [0.29, 0.717) is 17.7 Å². The number of aromatic nitrogens is 2. The summed E-state index contributed by atoms with van der Waals surface area (Å²) in [5.74, 6) is 0.151. The summed E-state index contributed by atoms with van der Waals surface area (Å²) in [5, 5.41) is 2.91. The average molecular weight is 313 g/mol. The summed E-state index contributed by atoms with van der Waals surface area (Å²) in [6.07, 6.45) is 6.11. The summed E-state index contributed by atoms with van der Waals surface area (Å²) >= 11 is 0. The van der Waals surface area contributed by atoms with Crippen molar-refractivity contribution >= 4 is 28.6 Å². The standard InChI is InChI=1S/C17H23N5O/c1-11(20-10-16(18)23)12-7-8-15-14(9-12)21-17(19)22(15)13-5-3-2-4-6-13/h7-9,13,20H,1-6,10H2,(H2,18,23)(H2,19,21). The highest BCUT2D eigenvalue weighted by Crippen LogP contribution is 2.33. The molecule has 0 atom stereocenters. The minimum absolute atomic E-state index is 0.0650. The number of hydrogen-bond donors (Lipinski definition) is 3. The lowest BCUT2D eigenvalue weighted by Crippen LogP contribution is -2.27. The number of carbonyl (C=O) groups excluding carboxylic acids is 1. The molecule has 1 saturated carbocycles. The molecule has 0 bridgehead atoms. The molecule has 122 valence electrons. The Labute approximate surface area is 135 Å². The molecule has 2 aromatic rings. The first-order valence-corrected chi connectivity index (χ1v) is 8.05. The second-order valence-electron chi connectivity index (χ2n) is 6.13. The molecule has 1 aliphatic rings. The average Bonchev–Trinajstić information content (AvgIpc) is 2.88. The number of fused-ring (bicyclic) bond motifs is 1. The maximum atomic E-state index is 10.9. The van der Waals surface area contributed by atoms with Crippen LogP contribution in [0.3, 0.4) is 0 Å². The maximum absolute atomic E-state index is 10.9. The smallest absolute Gasteiger partial charge is 0.236 e. The van der Waals surface area contributed by atoms with Crippen LogP contribution in [-0.2, 0) is 4.79 Å². The van der Waals surface area contributed by atoms with Gasteiger partial charge in [0, 0.05) is 11.7 Å². The number of benzene rings is 1. The third kappa shape index (κ3) is 3.16. The van der Waals surface area contributed by atoms with Crippen LogP contribution in [0.1, 0.15) is 43.7 Å². The van der Waals surface area contributed by atoms with Crippen LogP contribution in [0.4, 0.5) is 5.95 Å². The van der Waals surface area contributed by atoms with Crippen molar-refractivity contribution in [1.82, 2.24) is 14.9 Å². The molecule has 1 amide bonds. The second kappa shape index (κ2) is 6.32. The van der Waals surface area contributed by atoms with E-state index in [1.807, 2.05) is 18.2 Å². The van der Waals surface area contributed by atoms with E-state index in [-0.39, 0.29) is 6.54 Å². The number of primary amides is 1. The summed E-state index contributed by atoms with van der Waals surface area (Å²) < 4.78 is 2.16. The van der Waals surface area contributed by atoms with Gasteiger partial charge in [-0.3, -0.25) is 4.79 Å². The van der Waals surface area contributed by atoms with Gasteiger partial charge in [0.25, 0.3) is 0 Å². The van der Waals surface area contributed by atoms with Gasteiger partial charge in [-0.1, -0.05) is 31.9 Å². The highest BCUT2D eigenvalue weighted by Gasteiger charge is 2.20. The third-order valence-electron chi connectivity index (χ3n) is 4.48. The monoisotopic (exact) mass is 313 g/mol. The topological polar surface area (TPSA) is 99.0 Å². The van der Waals surface area contributed by atoms with E-state index in [4.69, 9.17) is 11.5 Å². The summed E-state index contributed by atoms with van der Waals surface area (Å²) in [6, 6.07) is 6.39. The molecule has 6 nitrogen and oxygen atoms in total. The van der Waals surface area contributed by atoms with Crippen molar-refractivity contribution in [2.24, 2.45) is 5.73 Å². The summed E-state index contributed by atoms with van der Waals surface area (Å²) in [5.41, 5.74) is 14.7. The van der Waals surface area contributed by atoms with E-state index in [0.717, 1.165) is 29.4 Å². The molecule has 1 aliphatic carbocycles. The molecule has 1 heterocycles. The molecule has 0 saturated heterocycles. The van der Waals surface area contributed by atoms with E-state index in [1.165, 1.54) is 19.3 Å². The first kappa shape index (κ1) is 15.4. The van der Waals surface area contributed by atoms with Crippen LogP contribution in [0, 0.1) is 0 Å². The van der Waals surface area contributed by atoms with E-state index in [2.05, 4.69) is 21.4 Å². The fourth-order valence-corrected chi connectivity index (χ4v) is 3.32. The number of nitrogens with zero attached hydrogens (tertiary/aromatic N) is 2. The minimum Gasteiger partial charge on any atom is -0.376 e. The molecule has 6 heteroatoms. The quantitative estimate of drug-likeness (QED) is 0.787. The van der Waals surface area contributed by atoms with Crippen LogP contribution in [0.25, 0.3) is 16.7 Å². The highest BCUT2D eigenvalue weighted by molar-refractivity contribution is 5.83. The zero-order chi connectivity index (χ0) is 16.4. The van der Waals surface area contributed by atoms with Crippen molar-refractivity contribution in [3.05, 3.63) is 30.3 Å². The third-order valence-corrected chi connectivity index (χ3v) is 4.48. The van der Waals surface area contributed by atoms with Crippen molar-refractivity contribution in [1.29, 1.82) is 0 Å². The molecule has 0 spiro atoms. The predicted molar refractivity (Wildman–Crippen MR) is 92.5 cm³/mol. The molecule has 1 fully saturated rings. The Morgan fingerprint density at radius 3 is 2.78 bits per heavy atom. The van der Waals surface area contributed by atoms with Gasteiger partial charge in [0.2, 0.25) is 11.9 Å². The van der Waals surface area contributed by atoms with Gasteiger partial charge in [0.05, 0.1) is 17.6 Å². The van der Waals surface area contributed by atoms with Gasteiger partial charge in [0.15, 0.2) is 0 Å². The summed E-state index contributed by atoms with van der Waals surface area (Å²) in [7, 11) is 0. The van der Waals surface area contributed by atoms with E-state index < -0.39 is 5.91 Å². The zero-order valence-corrected chi connectivity index (χ0v) is 13.2. The zero-order valence-electron chi connectivity index (χ0n) is 13.2. The van der Waals surface area contributed by atoms with Crippen molar-refractivity contribution in [3.8, 4) is 0 Å². The Morgan fingerprint density at radius 2 is 2.09 bits per heavy atom. The summed E-state index contributed by atoms with van der Waals surface area (Å²) in [4.78, 5) is 15.4. The van der Waals surface area contributed by atoms with Crippen LogP contribution in [0.15, 0.2) is 24.8 Å². The second-order valence-corrected chi connectivity index (χ2v) is 6.13. The van der Waals surface area contributed by atoms with Crippen LogP contribution < -0.4 is 16.8 Å². The number of rotatable bonds is 5. The van der Waals surface area contributed by atoms with Crippen molar-refractivity contribution < 1.29 is 4.79 Å². The lowest BCUT2D eigenvalue weighted by molar-refractivity contribution is -0.117. The number of nitrogens with two attached hydrogens (primary N) is 2. The SMILES string of the molecule is C=C(NCC(N)=O)c1ccc2c(c1)nc(N)n2C1CCCCC1. The molecule has 0 unspecified atom stereocenters. The maximum Gasteiger partial charge on any atom is 0.236 e. The number of anilines is 1. The van der Waals surface area contributed by atoms with Crippen LogP contribution >= 0.6 is 0 Å². The largest absolute Gasteiger partial charge is 0.376 e. The normalized spacial score (nSPS) is 15.7. The number of carbonyl (C=O) groups is 1. The number of nitrogen functional groups attached to an aromatic ring is 1. The highest BCUT2D eigenvalue weighted by atomic mass is 16.1. The molecular weight excluding hydrogens is 290 g/mol. The molecule has 23 heavy (non-hydrogen) atoms. The molecule has 3 rings (SSSR count). The molecule has 1 aromatic heterocycles. The Kier molecular flexibility index (Phi) is 4.23. The Bertz CT molecular complexity index is 743. The Morgan fingerprint density at radius 1 is 1.35 bits per heavy atom. The van der Waals surface area contributed by atoms with Gasteiger partial charge in [-0.2, -0.15) is 0 Å². The lowest BCUT2D eigenvalue weighted by Gasteiger charge is -2.24. The lowest BCUT2D eigenvalue weighted by atomic mass is 9.95. The van der Waals surface area contributed by atoms with Crippen molar-refractivity contribution in [3.63, 3.8) is 0 Å². The first-order valence-electron chi connectivity index (χ1n) is 8.05. The minimum atomic E-state index is -0.418. The van der Waals surface area contributed by atoms with Gasteiger partial charge in [0.1, 0.15) is 0 Å². The number of amides is 1. The number of imidazole rings is 1. The van der Waals surface area contributed by atoms with Gasteiger partial charge < -0.3 is 21.4 Å².